The van der Waals surface area contributed by atoms with Gasteiger partial charge in [-0.05, 0) is 25.7 Å². The van der Waals surface area contributed by atoms with Gasteiger partial charge in [0.05, 0.1) is 17.5 Å². The molecule has 0 saturated heterocycles. The topological polar surface area (TPSA) is 214 Å². The number of aliphatic hydroxyl groups excluding tert-OH is 2. The Hall–Kier alpha value is -3.74. The maximum atomic E-state index is 13.9. The number of nitrogens with two attached hydrogens (primary N) is 2. The van der Waals surface area contributed by atoms with Crippen LogP contribution >= 0.6 is 0 Å². The third kappa shape index (κ3) is 3.18. The van der Waals surface area contributed by atoms with Gasteiger partial charge < -0.3 is 36.6 Å². The number of ketones is 2. The van der Waals surface area contributed by atoms with Crippen LogP contribution in [-0.2, 0) is 23.9 Å². The number of carbonyl (C=O) groups excluding carboxylic acids is 4. The number of primary amides is 1. The Balaban J connectivity index is 2.11. The van der Waals surface area contributed by atoms with Gasteiger partial charge in [0.25, 0.3) is 5.91 Å². The van der Waals surface area contributed by atoms with Crippen molar-refractivity contribution in [2.24, 2.45) is 23.3 Å². The molecule has 0 heterocycles. The second-order valence-corrected chi connectivity index (χ2v) is 9.35. The van der Waals surface area contributed by atoms with Crippen molar-refractivity contribution in [3.8, 4) is 5.75 Å². The Morgan fingerprint density at radius 1 is 1.17 bits per heavy atom. The summed E-state index contributed by atoms with van der Waals surface area (Å²) in [5.74, 6) is -9.74. The zero-order valence-electron chi connectivity index (χ0n) is 19.8. The SMILES string of the molecule is CCC(=O)O[C@H]1[C@H]2C(=C(O)c3c(O)cccc3[C@@H]2N)C(=O)[C@]2(O)C(O)=C(C(N)=O)C(=O)[C@@H](N(C)C)[C@H]12. The highest BCUT2D eigenvalue weighted by Crippen LogP contribution is 2.55. The summed E-state index contributed by atoms with van der Waals surface area (Å²) in [5, 5.41) is 44.4. The van der Waals surface area contributed by atoms with E-state index in [2.05, 4.69) is 0 Å². The molecule has 4 rings (SSSR count). The summed E-state index contributed by atoms with van der Waals surface area (Å²) >= 11 is 0. The van der Waals surface area contributed by atoms with Crippen LogP contribution in [0.4, 0.5) is 0 Å². The number of carbonyl (C=O) groups is 4. The number of phenolic OH excluding ortho intramolecular Hbond substituents is 1. The van der Waals surface area contributed by atoms with Gasteiger partial charge in [-0.2, -0.15) is 0 Å². The van der Waals surface area contributed by atoms with Gasteiger partial charge in [-0.25, -0.2) is 0 Å². The standard InChI is InChI=1S/C24H27N3O9/c1-4-10(29)36-20-12-13(18(30)11-8(16(12)25)6-5-7-9(11)28)21(32)24(35)15(20)17(27(2)3)19(31)14(22(24)33)23(26)34/h5-7,12,15-17,20,28,30,33,35H,4,25H2,1-3H3,(H2,26,34)/t12-,15+,16-,17-,20-,24-/m0/s1. The summed E-state index contributed by atoms with van der Waals surface area (Å²) in [7, 11) is 2.87. The summed E-state index contributed by atoms with van der Waals surface area (Å²) in [6.45, 7) is 1.50. The number of nitrogens with zero attached hydrogens (tertiary/aromatic N) is 1. The predicted molar refractivity (Wildman–Crippen MR) is 123 cm³/mol. The largest absolute Gasteiger partial charge is 0.508 e. The number of esters is 1. The van der Waals surface area contributed by atoms with Crippen LogP contribution in [0, 0.1) is 11.8 Å². The van der Waals surface area contributed by atoms with Crippen LogP contribution in [0.25, 0.3) is 5.76 Å². The smallest absolute Gasteiger partial charge is 0.305 e. The molecule has 8 N–H and O–H groups in total. The molecule has 1 aromatic carbocycles. The molecule has 0 spiro atoms. The van der Waals surface area contributed by atoms with Crippen molar-refractivity contribution >= 4 is 29.2 Å². The second kappa shape index (κ2) is 8.43. The molecule has 6 atom stereocenters. The number of ether oxygens (including phenoxy) is 1. The van der Waals surface area contributed by atoms with Crippen LogP contribution in [-0.4, -0.2) is 80.6 Å². The van der Waals surface area contributed by atoms with E-state index in [1.807, 2.05) is 0 Å². The van der Waals surface area contributed by atoms with Crippen molar-refractivity contribution in [2.75, 3.05) is 14.1 Å². The van der Waals surface area contributed by atoms with Crippen LogP contribution in [0.1, 0.15) is 30.5 Å². The number of phenols is 1. The van der Waals surface area contributed by atoms with Crippen molar-refractivity contribution in [1.29, 1.82) is 0 Å². The third-order valence-electron chi connectivity index (χ3n) is 7.24. The molecule has 1 amide bonds. The molecule has 0 aromatic heterocycles. The zero-order valence-corrected chi connectivity index (χ0v) is 19.8. The maximum Gasteiger partial charge on any atom is 0.305 e. The summed E-state index contributed by atoms with van der Waals surface area (Å²) < 4.78 is 5.66. The van der Waals surface area contributed by atoms with E-state index < -0.39 is 87.5 Å². The second-order valence-electron chi connectivity index (χ2n) is 9.35. The molecule has 0 unspecified atom stereocenters. The van der Waals surface area contributed by atoms with Crippen LogP contribution in [0.15, 0.2) is 35.1 Å². The fourth-order valence-corrected chi connectivity index (χ4v) is 5.67. The van der Waals surface area contributed by atoms with E-state index in [1.165, 1.54) is 44.1 Å². The summed E-state index contributed by atoms with van der Waals surface area (Å²) in [6, 6.07) is 1.65. The first-order chi connectivity index (χ1) is 16.8. The van der Waals surface area contributed by atoms with Crippen LogP contribution in [0.2, 0.25) is 0 Å². The number of hydrogen-bond donors (Lipinski definition) is 6. The minimum absolute atomic E-state index is 0.116. The van der Waals surface area contributed by atoms with Crippen molar-refractivity contribution in [3.05, 3.63) is 46.2 Å². The van der Waals surface area contributed by atoms with E-state index in [-0.39, 0.29) is 17.5 Å². The average Bonchev–Trinajstić information content (AvgIpc) is 2.80. The molecule has 36 heavy (non-hydrogen) atoms. The van der Waals surface area contributed by atoms with Gasteiger partial charge >= 0.3 is 5.97 Å². The van der Waals surface area contributed by atoms with Crippen LogP contribution in [0.5, 0.6) is 5.75 Å². The lowest BCUT2D eigenvalue weighted by molar-refractivity contribution is -0.185. The number of hydrogen-bond acceptors (Lipinski definition) is 11. The third-order valence-corrected chi connectivity index (χ3v) is 7.24. The van der Waals surface area contributed by atoms with E-state index in [1.54, 1.807) is 0 Å². The Morgan fingerprint density at radius 2 is 1.81 bits per heavy atom. The fraction of sp³-hybridized carbons (Fsp3) is 0.417. The molecule has 1 fully saturated rings. The Bertz CT molecular complexity index is 1270. The molecular weight excluding hydrogens is 474 g/mol. The molecule has 3 aliphatic carbocycles. The fourth-order valence-electron chi connectivity index (χ4n) is 5.67. The number of amides is 1. The van der Waals surface area contributed by atoms with E-state index in [0.29, 0.717) is 0 Å². The average molecular weight is 501 g/mol. The van der Waals surface area contributed by atoms with E-state index in [9.17, 15) is 39.6 Å². The molecule has 0 radical (unpaired) electrons. The summed E-state index contributed by atoms with van der Waals surface area (Å²) in [5.41, 5.74) is 7.40. The first-order valence-corrected chi connectivity index (χ1v) is 11.2. The van der Waals surface area contributed by atoms with Gasteiger partial charge in [-0.15, -0.1) is 0 Å². The monoisotopic (exact) mass is 501 g/mol. The normalized spacial score (nSPS) is 31.7. The van der Waals surface area contributed by atoms with Gasteiger partial charge in [0.1, 0.15) is 28.9 Å². The molecule has 12 heteroatoms. The van der Waals surface area contributed by atoms with Crippen molar-refractivity contribution < 1.29 is 44.3 Å². The van der Waals surface area contributed by atoms with Gasteiger partial charge in [-0.3, -0.25) is 24.1 Å². The molecule has 0 bridgehead atoms. The number of aromatic hydroxyl groups is 1. The number of likely N-dealkylation sites (N-methyl/N-ethyl adjacent to an activating group) is 1. The lowest BCUT2D eigenvalue weighted by Gasteiger charge is -2.54. The number of rotatable bonds is 4. The lowest BCUT2D eigenvalue weighted by Crippen LogP contribution is -2.71. The maximum absolute atomic E-state index is 13.9. The summed E-state index contributed by atoms with van der Waals surface area (Å²) in [4.78, 5) is 53.2. The molecule has 0 aliphatic heterocycles. The number of benzene rings is 1. The first kappa shape index (κ1) is 25.4. The highest BCUT2D eigenvalue weighted by molar-refractivity contribution is 6.24. The molecule has 1 saturated carbocycles. The van der Waals surface area contributed by atoms with Gasteiger partial charge in [-0.1, -0.05) is 19.1 Å². The highest BCUT2D eigenvalue weighted by atomic mass is 16.5. The first-order valence-electron chi connectivity index (χ1n) is 11.2. The van der Waals surface area contributed by atoms with Crippen molar-refractivity contribution in [1.82, 2.24) is 4.90 Å². The predicted octanol–water partition coefficient (Wildman–Crippen LogP) is -0.647. The molecule has 1 aromatic rings. The van der Waals surface area contributed by atoms with Gasteiger partial charge in [0.15, 0.2) is 11.4 Å². The molecule has 3 aliphatic rings. The van der Waals surface area contributed by atoms with E-state index in [0.717, 1.165) is 0 Å². The number of Topliss-reactive ketones (excluding diaryl/α,β-unsaturated/α-hetero) is 2. The van der Waals surface area contributed by atoms with Gasteiger partial charge in [0.2, 0.25) is 5.78 Å². The van der Waals surface area contributed by atoms with Crippen molar-refractivity contribution in [3.63, 3.8) is 0 Å². The molecule has 192 valence electrons. The number of aliphatic hydroxyl groups is 3. The van der Waals surface area contributed by atoms with Crippen LogP contribution in [0.3, 0.4) is 0 Å². The minimum atomic E-state index is -2.99. The zero-order chi connectivity index (χ0) is 26.9. The molecule has 12 nitrogen and oxygen atoms in total. The van der Waals surface area contributed by atoms with Crippen molar-refractivity contribution in [2.45, 2.75) is 37.1 Å². The quantitative estimate of drug-likeness (QED) is 0.225. The highest BCUT2D eigenvalue weighted by Gasteiger charge is 2.69. The van der Waals surface area contributed by atoms with E-state index in [4.69, 9.17) is 16.2 Å². The lowest BCUT2D eigenvalue weighted by atomic mass is 9.55. The number of fused-ring (bicyclic) bond motifs is 3. The Kier molecular flexibility index (Phi) is 5.94. The van der Waals surface area contributed by atoms with Crippen LogP contribution < -0.4 is 11.5 Å². The molecular formula is C24H27N3O9. The Morgan fingerprint density at radius 3 is 2.36 bits per heavy atom. The Labute approximate surface area is 205 Å². The van der Waals surface area contributed by atoms with Gasteiger partial charge in [0, 0.05) is 24.0 Å². The van der Waals surface area contributed by atoms with E-state index >= 15 is 0 Å². The minimum Gasteiger partial charge on any atom is -0.508 e. The summed E-state index contributed by atoms with van der Waals surface area (Å²) in [6.07, 6.45) is -1.63.